The van der Waals surface area contributed by atoms with Crippen molar-refractivity contribution < 1.29 is 0 Å². The zero-order chi connectivity index (χ0) is 13.6. The van der Waals surface area contributed by atoms with Crippen LogP contribution in [0.4, 0.5) is 5.69 Å². The van der Waals surface area contributed by atoms with Gasteiger partial charge in [-0.15, -0.1) is 0 Å². The summed E-state index contributed by atoms with van der Waals surface area (Å²) in [6, 6.07) is 8.43. The van der Waals surface area contributed by atoms with Crippen molar-refractivity contribution in [3.05, 3.63) is 29.8 Å². The number of aliphatic imine (C=N–C) groups is 1. The largest absolute Gasteiger partial charge is 0.313 e. The summed E-state index contributed by atoms with van der Waals surface area (Å²) in [5.41, 5.74) is 2.35. The zero-order valence-electron chi connectivity index (χ0n) is 11.7. The van der Waals surface area contributed by atoms with Gasteiger partial charge in [0.25, 0.3) is 0 Å². The van der Waals surface area contributed by atoms with E-state index < -0.39 is 0 Å². The van der Waals surface area contributed by atoms with Crippen LogP contribution in [0.1, 0.15) is 32.8 Å². The van der Waals surface area contributed by atoms with Gasteiger partial charge >= 0.3 is 0 Å². The van der Waals surface area contributed by atoms with Crippen molar-refractivity contribution >= 4 is 28.9 Å². The second-order valence-electron chi connectivity index (χ2n) is 6.02. The van der Waals surface area contributed by atoms with Crippen LogP contribution < -0.4 is 4.90 Å². The van der Waals surface area contributed by atoms with Gasteiger partial charge in [0.1, 0.15) is 5.84 Å². The monoisotopic (exact) mass is 273 g/mol. The van der Waals surface area contributed by atoms with E-state index in [9.17, 15) is 0 Å². The summed E-state index contributed by atoms with van der Waals surface area (Å²) in [6.45, 7) is 8.46. The minimum absolute atomic E-state index is 0.0316. The molecule has 3 rings (SSSR count). The number of fused-ring (bicyclic) bond motifs is 3. The molecule has 2 aliphatic heterocycles. The van der Waals surface area contributed by atoms with E-state index in [1.165, 1.54) is 11.3 Å². The number of hydrogen-bond donors (Lipinski definition) is 0. The first-order chi connectivity index (χ1) is 9.00. The van der Waals surface area contributed by atoms with Crippen LogP contribution in [0.15, 0.2) is 29.3 Å². The molecule has 0 unspecified atom stereocenters. The quantitative estimate of drug-likeness (QED) is 0.677. The normalized spacial score (nSPS) is 18.9. The Balaban J connectivity index is 2.22. The Hall–Kier alpha value is -1.42. The first kappa shape index (κ1) is 12.6. The molecule has 100 valence electrons. The average molecular weight is 273 g/mol. The minimum atomic E-state index is -0.0316. The Bertz CT molecular complexity index is 557. The molecule has 0 aliphatic carbocycles. The summed E-state index contributed by atoms with van der Waals surface area (Å²) in [6.07, 6.45) is 1.07. The molecule has 0 saturated carbocycles. The Morgan fingerprint density at radius 2 is 1.95 bits per heavy atom. The summed E-state index contributed by atoms with van der Waals surface area (Å²) in [4.78, 5) is 9.13. The number of para-hydroxylation sites is 1. The zero-order valence-corrected chi connectivity index (χ0v) is 12.5. The predicted molar refractivity (Wildman–Crippen MR) is 84.0 cm³/mol. The molecule has 1 aromatic rings. The molecular weight excluding hydrogens is 254 g/mol. The number of anilines is 1. The van der Waals surface area contributed by atoms with Gasteiger partial charge in [0.2, 0.25) is 0 Å². The Labute approximate surface area is 119 Å². The van der Waals surface area contributed by atoms with E-state index in [2.05, 4.69) is 59.8 Å². The van der Waals surface area contributed by atoms with E-state index in [0.29, 0.717) is 0 Å². The molecule has 0 spiro atoms. The molecule has 4 heteroatoms. The van der Waals surface area contributed by atoms with Crippen LogP contribution in [-0.2, 0) is 0 Å². The lowest BCUT2D eigenvalue weighted by Gasteiger charge is -2.47. The molecule has 0 amide bonds. The molecule has 0 N–H and O–H groups in total. The summed E-state index contributed by atoms with van der Waals surface area (Å²) < 4.78 is 0. The molecule has 2 heterocycles. The van der Waals surface area contributed by atoms with Gasteiger partial charge in [-0.2, -0.15) is 0 Å². The van der Waals surface area contributed by atoms with Crippen molar-refractivity contribution in [2.75, 3.05) is 18.0 Å². The van der Waals surface area contributed by atoms with Gasteiger partial charge in [-0.25, -0.2) is 0 Å². The molecule has 0 fully saturated rings. The standard InChI is InChI=1S/C15H19N3S/c1-15(2,3)18-12-8-5-4-7-11(12)13-16-9-6-10-17(13)14(18)19/h4-5,7-8H,6,9-10H2,1-3H3. The molecule has 3 nitrogen and oxygen atoms in total. The number of benzene rings is 1. The maximum Gasteiger partial charge on any atom is 0.182 e. The van der Waals surface area contributed by atoms with Crippen LogP contribution in [0.25, 0.3) is 0 Å². The van der Waals surface area contributed by atoms with Crippen LogP contribution in [0, 0.1) is 0 Å². The van der Waals surface area contributed by atoms with Crippen LogP contribution in [0.2, 0.25) is 0 Å². The fourth-order valence-corrected chi connectivity index (χ4v) is 3.30. The lowest BCUT2D eigenvalue weighted by atomic mass is 9.99. The second kappa shape index (κ2) is 4.30. The fraction of sp³-hybridized carbons (Fsp3) is 0.467. The van der Waals surface area contributed by atoms with Gasteiger partial charge in [0, 0.05) is 24.2 Å². The number of amidine groups is 1. The Morgan fingerprint density at radius 1 is 1.21 bits per heavy atom. The fourth-order valence-electron chi connectivity index (χ4n) is 2.75. The van der Waals surface area contributed by atoms with Crippen molar-refractivity contribution in [2.24, 2.45) is 4.99 Å². The molecule has 0 bridgehead atoms. The summed E-state index contributed by atoms with van der Waals surface area (Å²) in [7, 11) is 0. The van der Waals surface area contributed by atoms with E-state index in [1.54, 1.807) is 0 Å². The van der Waals surface area contributed by atoms with Gasteiger partial charge in [0.05, 0.1) is 5.69 Å². The maximum atomic E-state index is 5.72. The van der Waals surface area contributed by atoms with Gasteiger partial charge in [-0.05, 0) is 51.5 Å². The van der Waals surface area contributed by atoms with Gasteiger partial charge in [-0.1, -0.05) is 12.1 Å². The van der Waals surface area contributed by atoms with E-state index in [-0.39, 0.29) is 5.54 Å². The van der Waals surface area contributed by atoms with Gasteiger partial charge in [-0.3, -0.25) is 4.99 Å². The second-order valence-corrected chi connectivity index (χ2v) is 6.38. The van der Waals surface area contributed by atoms with E-state index in [0.717, 1.165) is 30.5 Å². The van der Waals surface area contributed by atoms with Gasteiger partial charge in [0.15, 0.2) is 5.11 Å². The van der Waals surface area contributed by atoms with Crippen LogP contribution in [-0.4, -0.2) is 34.5 Å². The molecular formula is C15H19N3S. The molecule has 0 aromatic heterocycles. The number of nitrogens with zero attached hydrogens (tertiary/aromatic N) is 3. The van der Waals surface area contributed by atoms with Crippen LogP contribution >= 0.6 is 12.2 Å². The third kappa shape index (κ3) is 1.94. The minimum Gasteiger partial charge on any atom is -0.313 e. The highest BCUT2D eigenvalue weighted by Crippen LogP contribution is 2.35. The van der Waals surface area contributed by atoms with Crippen molar-refractivity contribution in [3.8, 4) is 0 Å². The summed E-state index contributed by atoms with van der Waals surface area (Å²) >= 11 is 5.72. The van der Waals surface area contributed by atoms with Crippen LogP contribution in [0.5, 0.6) is 0 Å². The third-order valence-electron chi connectivity index (χ3n) is 3.54. The van der Waals surface area contributed by atoms with Crippen molar-refractivity contribution in [1.82, 2.24) is 4.90 Å². The lowest BCUT2D eigenvalue weighted by molar-refractivity contribution is 0.498. The SMILES string of the molecule is CC(C)(C)N1C(=S)N2CCCN=C2c2ccccc21. The van der Waals surface area contributed by atoms with Crippen molar-refractivity contribution in [1.29, 1.82) is 0 Å². The Kier molecular flexibility index (Phi) is 2.86. The highest BCUT2D eigenvalue weighted by atomic mass is 32.1. The molecule has 2 aliphatic rings. The highest BCUT2D eigenvalue weighted by Gasteiger charge is 2.38. The van der Waals surface area contributed by atoms with E-state index >= 15 is 0 Å². The Morgan fingerprint density at radius 3 is 2.68 bits per heavy atom. The lowest BCUT2D eigenvalue weighted by Crippen LogP contribution is -2.58. The van der Waals surface area contributed by atoms with E-state index in [4.69, 9.17) is 12.2 Å². The number of thiocarbonyl (C=S) groups is 1. The molecule has 0 saturated heterocycles. The first-order valence-corrected chi connectivity index (χ1v) is 7.16. The summed E-state index contributed by atoms with van der Waals surface area (Å²) in [5.74, 6) is 1.05. The van der Waals surface area contributed by atoms with Gasteiger partial charge < -0.3 is 9.80 Å². The average Bonchev–Trinajstić information content (AvgIpc) is 2.38. The maximum absolute atomic E-state index is 5.72. The smallest absolute Gasteiger partial charge is 0.182 e. The first-order valence-electron chi connectivity index (χ1n) is 6.76. The third-order valence-corrected chi connectivity index (χ3v) is 3.94. The van der Waals surface area contributed by atoms with Crippen LogP contribution in [0.3, 0.4) is 0 Å². The molecule has 0 radical (unpaired) electrons. The molecule has 1 aromatic carbocycles. The van der Waals surface area contributed by atoms with E-state index in [1.807, 2.05) is 0 Å². The van der Waals surface area contributed by atoms with Crippen molar-refractivity contribution in [3.63, 3.8) is 0 Å². The molecule has 19 heavy (non-hydrogen) atoms. The molecule has 0 atom stereocenters. The number of rotatable bonds is 0. The number of hydrogen-bond acceptors (Lipinski definition) is 2. The highest BCUT2D eigenvalue weighted by molar-refractivity contribution is 7.80. The topological polar surface area (TPSA) is 18.8 Å². The predicted octanol–water partition coefficient (Wildman–Crippen LogP) is 3.04. The van der Waals surface area contributed by atoms with Crippen molar-refractivity contribution in [2.45, 2.75) is 32.7 Å². The summed E-state index contributed by atoms with van der Waals surface area (Å²) in [5, 5.41) is 0.879.